The zero-order valence-electron chi connectivity index (χ0n) is 16.0. The van der Waals surface area contributed by atoms with Crippen LogP contribution in [0.25, 0.3) is 0 Å². The quantitative estimate of drug-likeness (QED) is 0.343. The van der Waals surface area contributed by atoms with Crippen molar-refractivity contribution < 1.29 is 24.0 Å². The SMILES string of the molecule is COc1cccc(C(=O)COc2cccc(NC(=O)c3ccccc3[N+](=O)[O-])c2)c1. The van der Waals surface area contributed by atoms with E-state index in [-0.39, 0.29) is 23.6 Å². The van der Waals surface area contributed by atoms with Crippen LogP contribution in [0.2, 0.25) is 0 Å². The van der Waals surface area contributed by atoms with Gasteiger partial charge in [0.25, 0.3) is 11.6 Å². The van der Waals surface area contributed by atoms with E-state index in [4.69, 9.17) is 9.47 Å². The molecule has 1 amide bonds. The standard InChI is InChI=1S/C22H18N2O6/c1-29-17-8-4-6-15(12-17)21(25)14-30-18-9-5-7-16(13-18)23-22(26)19-10-2-3-11-20(19)24(27)28/h2-13H,14H2,1H3,(H,23,26). The monoisotopic (exact) mass is 406 g/mol. The predicted molar refractivity (Wildman–Crippen MR) is 110 cm³/mol. The largest absolute Gasteiger partial charge is 0.497 e. The first kappa shape index (κ1) is 20.5. The van der Waals surface area contributed by atoms with Gasteiger partial charge in [-0.2, -0.15) is 0 Å². The molecule has 0 bridgehead atoms. The molecule has 0 saturated carbocycles. The van der Waals surface area contributed by atoms with Crippen LogP contribution in [0.4, 0.5) is 11.4 Å². The third-order valence-corrected chi connectivity index (χ3v) is 4.20. The second-order valence-corrected chi connectivity index (χ2v) is 6.20. The first-order valence-corrected chi connectivity index (χ1v) is 8.93. The number of anilines is 1. The van der Waals surface area contributed by atoms with Crippen molar-refractivity contribution in [3.63, 3.8) is 0 Å². The Labute approximate surface area is 172 Å². The van der Waals surface area contributed by atoms with E-state index < -0.39 is 10.8 Å². The lowest BCUT2D eigenvalue weighted by atomic mass is 10.1. The number of benzene rings is 3. The summed E-state index contributed by atoms with van der Waals surface area (Å²) >= 11 is 0. The minimum absolute atomic E-state index is 0.0537. The lowest BCUT2D eigenvalue weighted by Crippen LogP contribution is -2.14. The Bertz CT molecular complexity index is 1100. The minimum atomic E-state index is -0.619. The molecule has 0 aliphatic heterocycles. The number of rotatable bonds is 8. The number of nitrogens with one attached hydrogen (secondary N) is 1. The number of methoxy groups -OCH3 is 1. The molecule has 0 heterocycles. The summed E-state index contributed by atoms with van der Waals surface area (Å²) in [5, 5.41) is 13.7. The molecule has 3 aromatic carbocycles. The minimum Gasteiger partial charge on any atom is -0.497 e. The molecule has 0 spiro atoms. The van der Waals surface area contributed by atoms with E-state index in [1.807, 2.05) is 0 Å². The molecule has 0 saturated heterocycles. The van der Waals surface area contributed by atoms with Crippen molar-refractivity contribution in [2.75, 3.05) is 19.0 Å². The molecule has 0 fully saturated rings. The van der Waals surface area contributed by atoms with Gasteiger partial charge in [0, 0.05) is 23.4 Å². The fourth-order valence-electron chi connectivity index (χ4n) is 2.72. The molecule has 152 valence electrons. The fraction of sp³-hybridized carbons (Fsp3) is 0.0909. The summed E-state index contributed by atoms with van der Waals surface area (Å²) in [4.78, 5) is 35.3. The number of nitro benzene ring substituents is 1. The Morgan fingerprint density at radius 2 is 1.70 bits per heavy atom. The van der Waals surface area contributed by atoms with Gasteiger partial charge in [0.05, 0.1) is 12.0 Å². The Hall–Kier alpha value is -4.20. The van der Waals surface area contributed by atoms with E-state index >= 15 is 0 Å². The molecule has 0 unspecified atom stereocenters. The average molecular weight is 406 g/mol. The molecule has 0 radical (unpaired) electrons. The van der Waals surface area contributed by atoms with Crippen molar-refractivity contribution >= 4 is 23.1 Å². The summed E-state index contributed by atoms with van der Waals surface area (Å²) in [5.74, 6) is 0.0855. The third kappa shape index (κ3) is 4.99. The van der Waals surface area contributed by atoms with E-state index in [2.05, 4.69) is 5.32 Å². The molecule has 3 rings (SSSR count). The number of ketones is 1. The van der Waals surface area contributed by atoms with Gasteiger partial charge in [-0.1, -0.05) is 30.3 Å². The number of para-hydroxylation sites is 1. The second-order valence-electron chi connectivity index (χ2n) is 6.20. The van der Waals surface area contributed by atoms with Gasteiger partial charge in [-0.05, 0) is 30.3 Å². The molecule has 0 aromatic heterocycles. The van der Waals surface area contributed by atoms with Crippen molar-refractivity contribution in [2.24, 2.45) is 0 Å². The molecule has 1 N–H and O–H groups in total. The summed E-state index contributed by atoms with van der Waals surface area (Å²) in [7, 11) is 1.52. The van der Waals surface area contributed by atoms with E-state index in [9.17, 15) is 19.7 Å². The Morgan fingerprint density at radius 1 is 0.967 bits per heavy atom. The molecular weight excluding hydrogens is 388 g/mol. The highest BCUT2D eigenvalue weighted by Crippen LogP contribution is 2.22. The zero-order valence-corrected chi connectivity index (χ0v) is 16.0. The Kier molecular flexibility index (Phi) is 6.39. The molecular formula is C22H18N2O6. The highest BCUT2D eigenvalue weighted by molar-refractivity contribution is 6.07. The van der Waals surface area contributed by atoms with Gasteiger partial charge in [0.2, 0.25) is 0 Å². The maximum atomic E-state index is 12.4. The predicted octanol–water partition coefficient (Wildman–Crippen LogP) is 4.12. The number of carbonyl (C=O) groups excluding carboxylic acids is 2. The normalized spacial score (nSPS) is 10.2. The van der Waals surface area contributed by atoms with Crippen LogP contribution < -0.4 is 14.8 Å². The van der Waals surface area contributed by atoms with Crippen molar-refractivity contribution in [3.05, 3.63) is 94.0 Å². The van der Waals surface area contributed by atoms with Gasteiger partial charge in [-0.15, -0.1) is 0 Å². The van der Waals surface area contributed by atoms with Gasteiger partial charge in [-0.3, -0.25) is 19.7 Å². The number of amides is 1. The summed E-state index contributed by atoms with van der Waals surface area (Å²) < 4.78 is 10.6. The molecule has 8 nitrogen and oxygen atoms in total. The summed E-state index contributed by atoms with van der Waals surface area (Å²) in [5.41, 5.74) is 0.494. The number of hydrogen-bond donors (Lipinski definition) is 1. The average Bonchev–Trinajstić information content (AvgIpc) is 2.77. The fourth-order valence-corrected chi connectivity index (χ4v) is 2.72. The molecule has 0 aliphatic rings. The van der Waals surface area contributed by atoms with Crippen LogP contribution in [0, 0.1) is 10.1 Å². The third-order valence-electron chi connectivity index (χ3n) is 4.20. The number of nitro groups is 1. The number of hydrogen-bond acceptors (Lipinski definition) is 6. The van der Waals surface area contributed by atoms with Crippen LogP contribution in [-0.2, 0) is 0 Å². The second kappa shape index (κ2) is 9.33. The van der Waals surface area contributed by atoms with Crippen LogP contribution >= 0.6 is 0 Å². The molecule has 0 aliphatic carbocycles. The number of carbonyl (C=O) groups is 2. The molecule has 0 atom stereocenters. The van der Waals surface area contributed by atoms with Crippen LogP contribution in [0.5, 0.6) is 11.5 Å². The van der Waals surface area contributed by atoms with Gasteiger partial charge in [0.1, 0.15) is 17.1 Å². The summed E-state index contributed by atoms with van der Waals surface area (Å²) in [6.07, 6.45) is 0. The highest BCUT2D eigenvalue weighted by atomic mass is 16.6. The van der Waals surface area contributed by atoms with E-state index in [1.165, 1.54) is 31.4 Å². The van der Waals surface area contributed by atoms with E-state index in [1.54, 1.807) is 48.5 Å². The van der Waals surface area contributed by atoms with Gasteiger partial charge in [-0.25, -0.2) is 0 Å². The highest BCUT2D eigenvalue weighted by Gasteiger charge is 2.19. The number of nitrogens with zero attached hydrogens (tertiary/aromatic N) is 1. The molecule has 3 aromatic rings. The molecule has 8 heteroatoms. The van der Waals surface area contributed by atoms with Crippen LogP contribution in [0.15, 0.2) is 72.8 Å². The van der Waals surface area contributed by atoms with Gasteiger partial charge < -0.3 is 14.8 Å². The van der Waals surface area contributed by atoms with Crippen molar-refractivity contribution in [3.8, 4) is 11.5 Å². The lowest BCUT2D eigenvalue weighted by Gasteiger charge is -2.09. The summed E-state index contributed by atoms with van der Waals surface area (Å²) in [6, 6.07) is 18.8. The van der Waals surface area contributed by atoms with E-state index in [0.717, 1.165) is 0 Å². The number of ether oxygens (including phenoxy) is 2. The van der Waals surface area contributed by atoms with Crippen LogP contribution in [-0.4, -0.2) is 30.3 Å². The van der Waals surface area contributed by atoms with Crippen molar-refractivity contribution in [1.29, 1.82) is 0 Å². The van der Waals surface area contributed by atoms with Crippen LogP contribution in [0.3, 0.4) is 0 Å². The van der Waals surface area contributed by atoms with Crippen molar-refractivity contribution in [2.45, 2.75) is 0 Å². The number of Topliss-reactive ketones (excluding diaryl/α,β-unsaturated/α-hetero) is 1. The van der Waals surface area contributed by atoms with E-state index in [0.29, 0.717) is 22.7 Å². The van der Waals surface area contributed by atoms with Gasteiger partial charge in [0.15, 0.2) is 12.4 Å². The topological polar surface area (TPSA) is 108 Å². The first-order chi connectivity index (χ1) is 14.5. The Morgan fingerprint density at radius 3 is 2.47 bits per heavy atom. The molecule has 30 heavy (non-hydrogen) atoms. The van der Waals surface area contributed by atoms with Crippen LogP contribution in [0.1, 0.15) is 20.7 Å². The van der Waals surface area contributed by atoms with Crippen molar-refractivity contribution in [1.82, 2.24) is 0 Å². The Balaban J connectivity index is 1.67. The first-order valence-electron chi connectivity index (χ1n) is 8.93. The smallest absolute Gasteiger partial charge is 0.282 e. The maximum absolute atomic E-state index is 12.4. The summed E-state index contributed by atoms with van der Waals surface area (Å²) in [6.45, 7) is -0.200. The zero-order chi connectivity index (χ0) is 21.5. The maximum Gasteiger partial charge on any atom is 0.282 e. The van der Waals surface area contributed by atoms with Gasteiger partial charge >= 0.3 is 0 Å². The lowest BCUT2D eigenvalue weighted by molar-refractivity contribution is -0.385.